The minimum absolute atomic E-state index is 0.121. The van der Waals surface area contributed by atoms with Crippen LogP contribution < -0.4 is 11.1 Å². The van der Waals surface area contributed by atoms with Crippen molar-refractivity contribution >= 4 is 34.5 Å². The van der Waals surface area contributed by atoms with Crippen LogP contribution in [0.15, 0.2) is 36.4 Å². The number of thiocarbonyl (C=S) groups is 1. The molecule has 0 saturated heterocycles. The summed E-state index contributed by atoms with van der Waals surface area (Å²) in [5.74, 6) is -0.121. The summed E-state index contributed by atoms with van der Waals surface area (Å²) in [6, 6.07) is 11.1. The van der Waals surface area contributed by atoms with Crippen LogP contribution in [-0.2, 0) is 6.54 Å². The van der Waals surface area contributed by atoms with E-state index >= 15 is 0 Å². The van der Waals surface area contributed by atoms with Crippen molar-refractivity contribution in [2.24, 2.45) is 5.73 Å². The molecule has 0 aliphatic heterocycles. The van der Waals surface area contributed by atoms with Crippen LogP contribution in [0.3, 0.4) is 0 Å². The first-order valence-corrected chi connectivity index (χ1v) is 7.02. The van der Waals surface area contributed by atoms with Crippen molar-refractivity contribution in [3.05, 3.63) is 57.3 Å². The minimum Gasteiger partial charge on any atom is -0.389 e. The lowest BCUT2D eigenvalue weighted by Gasteiger charge is -2.05. The second-order valence-corrected chi connectivity index (χ2v) is 5.95. The van der Waals surface area contributed by atoms with Gasteiger partial charge in [-0.15, -0.1) is 11.3 Å². The Morgan fingerprint density at radius 2 is 2.05 bits per heavy atom. The first kappa shape index (κ1) is 13.7. The van der Waals surface area contributed by atoms with Gasteiger partial charge in [-0.05, 0) is 31.2 Å². The van der Waals surface area contributed by atoms with Gasteiger partial charge in [-0.3, -0.25) is 4.79 Å². The second kappa shape index (κ2) is 5.95. The van der Waals surface area contributed by atoms with E-state index in [1.807, 2.05) is 19.1 Å². The van der Waals surface area contributed by atoms with Crippen LogP contribution in [0.5, 0.6) is 0 Å². The van der Waals surface area contributed by atoms with Crippen LogP contribution in [0.1, 0.15) is 25.7 Å². The molecule has 19 heavy (non-hydrogen) atoms. The Bertz CT molecular complexity index is 619. The minimum atomic E-state index is -0.121. The molecule has 0 saturated carbocycles. The number of nitrogens with two attached hydrogens (primary N) is 1. The zero-order chi connectivity index (χ0) is 13.8. The number of amides is 1. The van der Waals surface area contributed by atoms with E-state index in [1.165, 1.54) is 4.88 Å². The van der Waals surface area contributed by atoms with Gasteiger partial charge >= 0.3 is 0 Å². The van der Waals surface area contributed by atoms with Gasteiger partial charge in [0.15, 0.2) is 0 Å². The van der Waals surface area contributed by atoms with Crippen molar-refractivity contribution in [3.63, 3.8) is 0 Å². The Kier molecular flexibility index (Phi) is 4.29. The van der Waals surface area contributed by atoms with Gasteiger partial charge in [-0.2, -0.15) is 0 Å². The SMILES string of the molecule is Cc1ccc(CNC(=O)c2cccc(C(N)=S)c2)s1. The smallest absolute Gasteiger partial charge is 0.251 e. The summed E-state index contributed by atoms with van der Waals surface area (Å²) in [5, 5.41) is 2.88. The molecule has 0 unspecified atom stereocenters. The monoisotopic (exact) mass is 290 g/mol. The first-order chi connectivity index (χ1) is 9.06. The molecule has 0 bridgehead atoms. The molecule has 98 valence electrons. The van der Waals surface area contributed by atoms with Crippen molar-refractivity contribution in [3.8, 4) is 0 Å². The molecule has 0 aliphatic carbocycles. The average Bonchev–Trinajstić information content (AvgIpc) is 2.82. The Hall–Kier alpha value is -1.72. The fourth-order valence-electron chi connectivity index (χ4n) is 1.66. The molecule has 3 nitrogen and oxygen atoms in total. The van der Waals surface area contributed by atoms with E-state index in [2.05, 4.69) is 5.32 Å². The van der Waals surface area contributed by atoms with E-state index in [4.69, 9.17) is 18.0 Å². The molecule has 0 aliphatic rings. The van der Waals surface area contributed by atoms with E-state index in [-0.39, 0.29) is 5.91 Å². The highest BCUT2D eigenvalue weighted by Crippen LogP contribution is 2.14. The van der Waals surface area contributed by atoms with Crippen molar-refractivity contribution in [2.45, 2.75) is 13.5 Å². The fourth-order valence-corrected chi connectivity index (χ4v) is 2.62. The Balaban J connectivity index is 2.03. The molecule has 2 aromatic rings. The normalized spacial score (nSPS) is 10.2. The zero-order valence-electron chi connectivity index (χ0n) is 10.5. The quantitative estimate of drug-likeness (QED) is 0.851. The topological polar surface area (TPSA) is 55.1 Å². The van der Waals surface area contributed by atoms with Crippen molar-refractivity contribution in [1.82, 2.24) is 5.32 Å². The molecule has 1 amide bonds. The number of aryl methyl sites for hydroxylation is 1. The van der Waals surface area contributed by atoms with Crippen LogP contribution in [0.2, 0.25) is 0 Å². The summed E-state index contributed by atoms with van der Waals surface area (Å²) in [5.41, 5.74) is 6.82. The molecule has 2 rings (SSSR count). The highest BCUT2D eigenvalue weighted by molar-refractivity contribution is 7.80. The van der Waals surface area contributed by atoms with Crippen LogP contribution in [0.25, 0.3) is 0 Å². The number of hydrogen-bond donors (Lipinski definition) is 2. The summed E-state index contributed by atoms with van der Waals surface area (Å²) in [7, 11) is 0. The van der Waals surface area contributed by atoms with Crippen LogP contribution >= 0.6 is 23.6 Å². The third-order valence-electron chi connectivity index (χ3n) is 2.63. The van der Waals surface area contributed by atoms with Crippen molar-refractivity contribution < 1.29 is 4.79 Å². The van der Waals surface area contributed by atoms with E-state index in [0.717, 1.165) is 4.88 Å². The first-order valence-electron chi connectivity index (χ1n) is 5.79. The summed E-state index contributed by atoms with van der Waals surface area (Å²) >= 11 is 6.58. The molecule has 0 spiro atoms. The molecule has 1 aromatic carbocycles. The van der Waals surface area contributed by atoms with E-state index in [9.17, 15) is 4.79 Å². The number of nitrogens with one attached hydrogen (secondary N) is 1. The second-order valence-electron chi connectivity index (χ2n) is 4.14. The molecular weight excluding hydrogens is 276 g/mol. The molecular formula is C14H14N2OS2. The third kappa shape index (κ3) is 3.62. The molecule has 5 heteroatoms. The zero-order valence-corrected chi connectivity index (χ0v) is 12.1. The summed E-state index contributed by atoms with van der Waals surface area (Å²) in [6.45, 7) is 2.58. The van der Waals surface area contributed by atoms with Gasteiger partial charge in [0.1, 0.15) is 4.99 Å². The van der Waals surface area contributed by atoms with Gasteiger partial charge in [-0.25, -0.2) is 0 Å². The Morgan fingerprint density at radius 3 is 2.68 bits per heavy atom. The number of benzene rings is 1. The highest BCUT2D eigenvalue weighted by Gasteiger charge is 2.07. The number of carbonyl (C=O) groups is 1. The van der Waals surface area contributed by atoms with Crippen LogP contribution in [-0.4, -0.2) is 10.9 Å². The summed E-state index contributed by atoms with van der Waals surface area (Å²) in [4.78, 5) is 14.7. The molecule has 0 fully saturated rings. The Labute approximate surface area is 121 Å². The van der Waals surface area contributed by atoms with E-state index in [0.29, 0.717) is 22.7 Å². The molecule has 1 heterocycles. The van der Waals surface area contributed by atoms with Crippen molar-refractivity contribution in [2.75, 3.05) is 0 Å². The van der Waals surface area contributed by atoms with Gasteiger partial charge in [0, 0.05) is 20.9 Å². The predicted molar refractivity (Wildman–Crippen MR) is 82.6 cm³/mol. The lowest BCUT2D eigenvalue weighted by atomic mass is 10.1. The fraction of sp³-hybridized carbons (Fsp3) is 0.143. The lowest BCUT2D eigenvalue weighted by Crippen LogP contribution is -2.22. The number of hydrogen-bond acceptors (Lipinski definition) is 3. The Morgan fingerprint density at radius 1 is 1.32 bits per heavy atom. The van der Waals surface area contributed by atoms with Gasteiger partial charge in [0.05, 0.1) is 6.54 Å². The maximum absolute atomic E-state index is 12.0. The average molecular weight is 290 g/mol. The lowest BCUT2D eigenvalue weighted by molar-refractivity contribution is 0.0951. The molecule has 0 radical (unpaired) electrons. The molecule has 0 atom stereocenters. The highest BCUT2D eigenvalue weighted by atomic mass is 32.1. The summed E-state index contributed by atoms with van der Waals surface area (Å²) < 4.78 is 0. The van der Waals surface area contributed by atoms with Gasteiger partial charge in [0.2, 0.25) is 0 Å². The van der Waals surface area contributed by atoms with Crippen molar-refractivity contribution in [1.29, 1.82) is 0 Å². The van der Waals surface area contributed by atoms with Crippen LogP contribution in [0, 0.1) is 6.92 Å². The largest absolute Gasteiger partial charge is 0.389 e. The van der Waals surface area contributed by atoms with E-state index in [1.54, 1.807) is 35.6 Å². The predicted octanol–water partition coefficient (Wildman–Crippen LogP) is 2.62. The van der Waals surface area contributed by atoms with Gasteiger partial charge < -0.3 is 11.1 Å². The standard InChI is InChI=1S/C14H14N2OS2/c1-9-5-6-12(19-9)8-16-14(17)11-4-2-3-10(7-11)13(15)18/h2-7H,8H2,1H3,(H2,15,18)(H,16,17). The third-order valence-corrected chi connectivity index (χ3v) is 3.86. The maximum Gasteiger partial charge on any atom is 0.251 e. The number of carbonyl (C=O) groups excluding carboxylic acids is 1. The summed E-state index contributed by atoms with van der Waals surface area (Å²) in [6.07, 6.45) is 0. The number of rotatable bonds is 4. The van der Waals surface area contributed by atoms with Gasteiger partial charge in [0.25, 0.3) is 5.91 Å². The van der Waals surface area contributed by atoms with Crippen LogP contribution in [0.4, 0.5) is 0 Å². The van der Waals surface area contributed by atoms with Gasteiger partial charge in [-0.1, -0.05) is 24.4 Å². The number of thiophene rings is 1. The maximum atomic E-state index is 12.0. The molecule has 3 N–H and O–H groups in total. The molecule has 1 aromatic heterocycles. The van der Waals surface area contributed by atoms with E-state index < -0.39 is 0 Å².